The van der Waals surface area contributed by atoms with Crippen LogP contribution < -0.4 is 10.4 Å². The Balaban J connectivity index is 2.16. The van der Waals surface area contributed by atoms with Crippen LogP contribution in [0.5, 0.6) is 0 Å². The summed E-state index contributed by atoms with van der Waals surface area (Å²) in [7, 11) is -2.73. The molecule has 3 rings (SSSR count). The highest BCUT2D eigenvalue weighted by molar-refractivity contribution is 6.99. The first-order valence-corrected chi connectivity index (χ1v) is 13.3. The van der Waals surface area contributed by atoms with Gasteiger partial charge >= 0.3 is 0 Å². The summed E-state index contributed by atoms with van der Waals surface area (Å²) in [5.41, 5.74) is 0. The van der Waals surface area contributed by atoms with Gasteiger partial charge in [0.1, 0.15) is 11.6 Å². The molecule has 0 amide bonds. The third-order valence-corrected chi connectivity index (χ3v) is 12.2. The fourth-order valence-electron chi connectivity index (χ4n) is 5.31. The van der Waals surface area contributed by atoms with Crippen molar-refractivity contribution < 1.29 is 14.0 Å². The van der Waals surface area contributed by atoms with E-state index >= 15 is 0 Å². The highest BCUT2D eigenvalue weighted by atomic mass is 28.4. The molecule has 4 unspecified atom stereocenters. The Labute approximate surface area is 188 Å². The maximum atomic E-state index is 12.5. The Kier molecular flexibility index (Phi) is 7.02. The molecule has 0 aromatic heterocycles. The van der Waals surface area contributed by atoms with Crippen LogP contribution in [0.2, 0.25) is 5.04 Å². The Bertz CT molecular complexity index is 862. The van der Waals surface area contributed by atoms with E-state index in [0.717, 1.165) is 0 Å². The van der Waals surface area contributed by atoms with Crippen LogP contribution in [-0.4, -0.2) is 26.0 Å². The number of Topliss-reactive ketones (excluding diaryl/α,β-unsaturated/α-hetero) is 2. The van der Waals surface area contributed by atoms with E-state index in [2.05, 4.69) is 76.2 Å². The molecule has 0 heterocycles. The summed E-state index contributed by atoms with van der Waals surface area (Å²) in [4.78, 5) is 24.8. The molecule has 31 heavy (non-hydrogen) atoms. The van der Waals surface area contributed by atoms with Crippen LogP contribution in [0.4, 0.5) is 0 Å². The smallest absolute Gasteiger partial charge is 0.261 e. The van der Waals surface area contributed by atoms with Crippen molar-refractivity contribution in [2.24, 2.45) is 17.8 Å². The molecule has 3 nitrogen and oxygen atoms in total. The van der Waals surface area contributed by atoms with Crippen LogP contribution in [0.1, 0.15) is 54.4 Å². The molecular weight excluding hydrogens is 400 g/mol. The lowest BCUT2D eigenvalue weighted by molar-refractivity contribution is -0.131. The average molecular weight is 437 g/mol. The number of hydrogen-bond donors (Lipinski definition) is 0. The van der Waals surface area contributed by atoms with Gasteiger partial charge in [-0.1, -0.05) is 88.4 Å². The van der Waals surface area contributed by atoms with E-state index in [1.54, 1.807) is 13.8 Å². The number of ketones is 2. The fourth-order valence-corrected chi connectivity index (χ4v) is 10.1. The van der Waals surface area contributed by atoms with Crippen molar-refractivity contribution in [1.82, 2.24) is 0 Å². The number of hydrogen-bond acceptors (Lipinski definition) is 3. The zero-order valence-electron chi connectivity index (χ0n) is 19.7. The molecule has 0 radical (unpaired) electrons. The van der Waals surface area contributed by atoms with E-state index in [1.807, 2.05) is 12.1 Å². The second kappa shape index (κ2) is 9.21. The molecule has 0 spiro atoms. The van der Waals surface area contributed by atoms with Gasteiger partial charge in [-0.25, -0.2) is 0 Å². The second-order valence-corrected chi connectivity index (χ2v) is 14.4. The number of carbonyl (C=O) groups is 2. The van der Waals surface area contributed by atoms with Crippen molar-refractivity contribution in [1.29, 1.82) is 0 Å². The molecule has 4 atom stereocenters. The Morgan fingerprint density at radius 2 is 1.32 bits per heavy atom. The molecule has 2 aromatic carbocycles. The van der Waals surface area contributed by atoms with Gasteiger partial charge in [-0.3, -0.25) is 9.59 Å². The summed E-state index contributed by atoms with van der Waals surface area (Å²) in [5, 5.41) is 2.32. The quantitative estimate of drug-likeness (QED) is 0.613. The number of benzene rings is 2. The van der Waals surface area contributed by atoms with Crippen molar-refractivity contribution in [3.8, 4) is 0 Å². The van der Waals surface area contributed by atoms with Gasteiger partial charge in [0.2, 0.25) is 0 Å². The normalized spacial score (nSPS) is 24.6. The van der Waals surface area contributed by atoms with Crippen LogP contribution in [-0.2, 0) is 14.0 Å². The Hall–Kier alpha value is -2.04. The third-order valence-electron chi connectivity index (χ3n) is 7.12. The lowest BCUT2D eigenvalue weighted by Gasteiger charge is -2.49. The molecule has 4 heteroatoms. The Morgan fingerprint density at radius 1 is 0.839 bits per heavy atom. The number of rotatable bonds is 6. The molecule has 2 aromatic rings. The first-order valence-electron chi connectivity index (χ1n) is 11.4. The molecule has 0 bridgehead atoms. The van der Waals surface area contributed by atoms with Gasteiger partial charge in [-0.2, -0.15) is 0 Å². The molecule has 1 aliphatic rings. The van der Waals surface area contributed by atoms with E-state index in [0.29, 0.717) is 12.8 Å². The zero-order valence-corrected chi connectivity index (χ0v) is 20.7. The van der Waals surface area contributed by atoms with Crippen LogP contribution >= 0.6 is 0 Å². The van der Waals surface area contributed by atoms with Gasteiger partial charge < -0.3 is 4.43 Å². The molecule has 1 saturated carbocycles. The van der Waals surface area contributed by atoms with Gasteiger partial charge in [0.05, 0.1) is 0 Å². The van der Waals surface area contributed by atoms with Crippen LogP contribution in [0.15, 0.2) is 60.7 Å². The van der Waals surface area contributed by atoms with Gasteiger partial charge in [0, 0.05) is 17.9 Å². The van der Waals surface area contributed by atoms with E-state index in [9.17, 15) is 9.59 Å². The lowest BCUT2D eigenvalue weighted by atomic mass is 9.70. The zero-order chi connectivity index (χ0) is 22.8. The second-order valence-electron chi connectivity index (χ2n) is 10.2. The molecule has 166 valence electrons. The maximum absolute atomic E-state index is 12.5. The average Bonchev–Trinajstić information content (AvgIpc) is 2.73. The van der Waals surface area contributed by atoms with Crippen LogP contribution in [0.3, 0.4) is 0 Å². The highest BCUT2D eigenvalue weighted by Crippen LogP contribution is 2.43. The van der Waals surface area contributed by atoms with E-state index in [4.69, 9.17) is 4.43 Å². The topological polar surface area (TPSA) is 43.4 Å². The van der Waals surface area contributed by atoms with Gasteiger partial charge in [0.15, 0.2) is 0 Å². The summed E-state index contributed by atoms with van der Waals surface area (Å²) >= 11 is 0. The van der Waals surface area contributed by atoms with E-state index in [1.165, 1.54) is 10.4 Å². The van der Waals surface area contributed by atoms with Crippen LogP contribution in [0, 0.1) is 17.8 Å². The van der Waals surface area contributed by atoms with Gasteiger partial charge in [0.25, 0.3) is 8.32 Å². The Morgan fingerprint density at radius 3 is 1.71 bits per heavy atom. The van der Waals surface area contributed by atoms with Crippen LogP contribution in [0.25, 0.3) is 0 Å². The molecule has 0 saturated heterocycles. The van der Waals surface area contributed by atoms with Crippen molar-refractivity contribution in [3.63, 3.8) is 0 Å². The standard InChI is InChI=1S/C27H36O3Si/c1-19-25(21(3)29)17-22(20(2)28)18-26(19)30-31(27(4,5)6,23-13-9-7-10-14-23)24-15-11-8-12-16-24/h7-16,19,22,25-26H,17-18H2,1-6H3. The SMILES string of the molecule is CC(=O)C1CC(O[Si](c2ccccc2)(c2ccccc2)C(C)(C)C)C(C)C(C(C)=O)C1. The molecule has 0 N–H and O–H groups in total. The molecule has 1 aliphatic carbocycles. The van der Waals surface area contributed by atoms with Crippen molar-refractivity contribution in [2.45, 2.75) is 65.5 Å². The first-order chi connectivity index (χ1) is 14.6. The molecule has 1 fully saturated rings. The minimum Gasteiger partial charge on any atom is -0.404 e. The monoisotopic (exact) mass is 436 g/mol. The minimum atomic E-state index is -2.73. The van der Waals surface area contributed by atoms with E-state index in [-0.39, 0.29) is 40.5 Å². The summed E-state index contributed by atoms with van der Waals surface area (Å²) in [6.45, 7) is 12.2. The first kappa shape index (κ1) is 23.6. The van der Waals surface area contributed by atoms with Crippen molar-refractivity contribution in [3.05, 3.63) is 60.7 Å². The van der Waals surface area contributed by atoms with Gasteiger partial charge in [-0.05, 0) is 48.0 Å². The van der Waals surface area contributed by atoms with Crippen molar-refractivity contribution >= 4 is 30.3 Å². The summed E-state index contributed by atoms with van der Waals surface area (Å²) in [6.07, 6.45) is 1.19. The summed E-state index contributed by atoms with van der Waals surface area (Å²) in [5.74, 6) is 0.151. The molecular formula is C27H36O3Si. The third kappa shape index (κ3) is 4.60. The molecule has 0 aliphatic heterocycles. The van der Waals surface area contributed by atoms with E-state index < -0.39 is 8.32 Å². The predicted octanol–water partition coefficient (Wildman–Crippen LogP) is 4.77. The summed E-state index contributed by atoms with van der Waals surface area (Å²) in [6, 6.07) is 21.1. The minimum absolute atomic E-state index is 0.0785. The maximum Gasteiger partial charge on any atom is 0.261 e. The lowest BCUT2D eigenvalue weighted by Crippen LogP contribution is -2.68. The summed E-state index contributed by atoms with van der Waals surface area (Å²) < 4.78 is 7.32. The number of carbonyl (C=O) groups excluding carboxylic acids is 2. The fraction of sp³-hybridized carbons (Fsp3) is 0.481. The van der Waals surface area contributed by atoms with Crippen molar-refractivity contribution in [2.75, 3.05) is 0 Å². The largest absolute Gasteiger partial charge is 0.404 e. The predicted molar refractivity (Wildman–Crippen MR) is 129 cm³/mol. The van der Waals surface area contributed by atoms with Gasteiger partial charge in [-0.15, -0.1) is 0 Å². The highest BCUT2D eigenvalue weighted by Gasteiger charge is 2.53.